The molecule has 0 spiro atoms. The Morgan fingerprint density at radius 2 is 1.92 bits per heavy atom. The molecule has 1 aliphatic rings. The minimum absolute atomic E-state index is 0.688. The van der Waals surface area contributed by atoms with Gasteiger partial charge < -0.3 is 0 Å². The first-order valence-electron chi connectivity index (χ1n) is 5.45. The monoisotopic (exact) mass is 407 g/mol. The lowest BCUT2D eigenvalue weighted by atomic mass is 9.76. The van der Waals surface area contributed by atoms with Crippen molar-refractivity contribution >= 4 is 45.2 Å². The Morgan fingerprint density at radius 1 is 1.23 bits per heavy atom. The van der Waals surface area contributed by atoms with Crippen LogP contribution in [0.15, 0.2) is 0 Å². The Balaban J connectivity index is 1.96. The van der Waals surface area contributed by atoms with Crippen LogP contribution in [0.4, 0.5) is 0 Å². The van der Waals surface area contributed by atoms with Crippen molar-refractivity contribution < 1.29 is 0 Å². The molecule has 0 N–H and O–H groups in total. The van der Waals surface area contributed by atoms with Gasteiger partial charge in [0, 0.05) is 7.85 Å². The molecular weight excluding hydrogens is 387 g/mol. The SMILES string of the molecule is CCCCCCC1CC(I)([13CH2]I)C1. The van der Waals surface area contributed by atoms with E-state index in [1.165, 1.54) is 49.4 Å². The number of hydrogen-bond donors (Lipinski definition) is 0. The summed E-state index contributed by atoms with van der Waals surface area (Å²) in [6.07, 6.45) is 10.2. The van der Waals surface area contributed by atoms with Crippen LogP contribution in [0.25, 0.3) is 0 Å². The highest BCUT2D eigenvalue weighted by Gasteiger charge is 2.40. The van der Waals surface area contributed by atoms with Crippen molar-refractivity contribution in [2.45, 2.75) is 55.3 Å². The van der Waals surface area contributed by atoms with Gasteiger partial charge in [0.25, 0.3) is 0 Å². The molecule has 0 atom stereocenters. The van der Waals surface area contributed by atoms with E-state index in [0.717, 1.165) is 5.92 Å². The second-order valence-corrected chi connectivity index (χ2v) is 7.46. The second-order valence-electron chi connectivity index (χ2n) is 4.41. The van der Waals surface area contributed by atoms with Gasteiger partial charge in [-0.05, 0) is 18.8 Å². The standard InChI is InChI=1S/C11H20I2/c1-2-3-4-5-6-10-7-11(13,8-10)9-12/h10H,2-9H2,1H3/i9+1. The van der Waals surface area contributed by atoms with Crippen molar-refractivity contribution in [3.8, 4) is 0 Å². The average Bonchev–Trinajstić information content (AvgIpc) is 2.08. The minimum atomic E-state index is 0.688. The molecular formula is C11H20I2. The molecule has 0 amide bonds. The predicted molar refractivity (Wildman–Crippen MR) is 77.1 cm³/mol. The van der Waals surface area contributed by atoms with E-state index in [0.29, 0.717) is 3.42 Å². The van der Waals surface area contributed by atoms with E-state index >= 15 is 0 Å². The third-order valence-corrected chi connectivity index (χ3v) is 7.20. The van der Waals surface area contributed by atoms with Crippen molar-refractivity contribution in [1.29, 1.82) is 0 Å². The van der Waals surface area contributed by atoms with Crippen LogP contribution in [0.5, 0.6) is 0 Å². The van der Waals surface area contributed by atoms with Crippen molar-refractivity contribution in [2.24, 2.45) is 5.92 Å². The number of halogens is 2. The molecule has 1 saturated carbocycles. The Kier molecular flexibility index (Phi) is 5.91. The molecule has 13 heavy (non-hydrogen) atoms. The third-order valence-electron chi connectivity index (χ3n) is 3.01. The molecule has 2 heteroatoms. The first-order valence-corrected chi connectivity index (χ1v) is 8.05. The summed E-state index contributed by atoms with van der Waals surface area (Å²) in [7, 11) is 0. The summed E-state index contributed by atoms with van der Waals surface area (Å²) in [5.74, 6) is 1.07. The molecule has 1 aliphatic carbocycles. The molecule has 78 valence electrons. The van der Waals surface area contributed by atoms with Crippen LogP contribution in [-0.2, 0) is 0 Å². The number of rotatable bonds is 6. The lowest BCUT2D eigenvalue weighted by Crippen LogP contribution is -2.39. The third kappa shape index (κ3) is 4.22. The largest absolute Gasteiger partial charge is 0.0849 e. The molecule has 0 radical (unpaired) electrons. The summed E-state index contributed by atoms with van der Waals surface area (Å²) in [5.41, 5.74) is 0. The second kappa shape index (κ2) is 6.13. The lowest BCUT2D eigenvalue weighted by molar-refractivity contribution is 0.245. The van der Waals surface area contributed by atoms with Crippen LogP contribution >= 0.6 is 45.2 Å². The highest BCUT2D eigenvalue weighted by atomic mass is 127. The fraction of sp³-hybridized carbons (Fsp3) is 1.00. The van der Waals surface area contributed by atoms with E-state index in [1.807, 2.05) is 0 Å². The molecule has 1 rings (SSSR count). The summed E-state index contributed by atoms with van der Waals surface area (Å²) >= 11 is 5.20. The molecule has 0 aromatic heterocycles. The van der Waals surface area contributed by atoms with Gasteiger partial charge in [0.2, 0.25) is 0 Å². The zero-order chi connectivity index (χ0) is 9.73. The van der Waals surface area contributed by atoms with Crippen LogP contribution in [0, 0.1) is 5.92 Å². The van der Waals surface area contributed by atoms with Crippen LogP contribution in [0.3, 0.4) is 0 Å². The predicted octanol–water partition coefficient (Wildman–Crippen LogP) is 4.98. The first kappa shape index (κ1) is 12.5. The van der Waals surface area contributed by atoms with E-state index in [-0.39, 0.29) is 0 Å². The quantitative estimate of drug-likeness (QED) is 0.252. The van der Waals surface area contributed by atoms with E-state index in [1.54, 1.807) is 0 Å². The first-order chi connectivity index (χ1) is 6.20. The van der Waals surface area contributed by atoms with E-state index in [2.05, 4.69) is 52.1 Å². The van der Waals surface area contributed by atoms with E-state index in [4.69, 9.17) is 0 Å². The molecule has 0 aromatic carbocycles. The van der Waals surface area contributed by atoms with Crippen molar-refractivity contribution in [1.82, 2.24) is 0 Å². The number of unbranched alkanes of at least 4 members (excludes halogenated alkanes) is 3. The van der Waals surface area contributed by atoms with E-state index in [9.17, 15) is 0 Å². The van der Waals surface area contributed by atoms with Gasteiger partial charge in [0.15, 0.2) is 0 Å². The van der Waals surface area contributed by atoms with Crippen LogP contribution < -0.4 is 0 Å². The normalized spacial score (nSPS) is 33.0. The van der Waals surface area contributed by atoms with Crippen molar-refractivity contribution in [3.05, 3.63) is 0 Å². The fourth-order valence-corrected chi connectivity index (χ4v) is 4.02. The molecule has 1 fully saturated rings. The Bertz CT molecular complexity index is 139. The summed E-state index contributed by atoms with van der Waals surface area (Å²) in [4.78, 5) is 0. The minimum Gasteiger partial charge on any atom is -0.0849 e. The number of alkyl halides is 2. The van der Waals surface area contributed by atoms with Crippen molar-refractivity contribution in [2.75, 3.05) is 4.43 Å². The zero-order valence-electron chi connectivity index (χ0n) is 8.49. The molecule has 0 bridgehead atoms. The van der Waals surface area contributed by atoms with Gasteiger partial charge >= 0.3 is 0 Å². The summed E-state index contributed by atoms with van der Waals surface area (Å²) in [5, 5.41) is 0. The Hall–Kier alpha value is 1.46. The lowest BCUT2D eigenvalue weighted by Gasteiger charge is -2.42. The molecule has 0 heterocycles. The highest BCUT2D eigenvalue weighted by Crippen LogP contribution is 2.48. The molecule has 0 nitrogen and oxygen atoms in total. The van der Waals surface area contributed by atoms with E-state index < -0.39 is 0 Å². The highest BCUT2D eigenvalue weighted by molar-refractivity contribution is 14.1. The Morgan fingerprint density at radius 3 is 2.46 bits per heavy atom. The van der Waals surface area contributed by atoms with Gasteiger partial charge in [-0.25, -0.2) is 0 Å². The maximum Gasteiger partial charge on any atom is 0.0316 e. The molecule has 0 saturated heterocycles. The average molecular weight is 407 g/mol. The van der Waals surface area contributed by atoms with Gasteiger partial charge in [-0.1, -0.05) is 84.2 Å². The smallest absolute Gasteiger partial charge is 0.0316 e. The summed E-state index contributed by atoms with van der Waals surface area (Å²) < 4.78 is 2.03. The Labute approximate surface area is 110 Å². The van der Waals surface area contributed by atoms with Gasteiger partial charge in [0.1, 0.15) is 0 Å². The number of hydrogen-bond acceptors (Lipinski definition) is 0. The topological polar surface area (TPSA) is 0 Å². The summed E-state index contributed by atoms with van der Waals surface area (Å²) in [6.45, 7) is 2.29. The van der Waals surface area contributed by atoms with Gasteiger partial charge in [-0.2, -0.15) is 0 Å². The van der Waals surface area contributed by atoms with Gasteiger partial charge in [-0.15, -0.1) is 0 Å². The van der Waals surface area contributed by atoms with Gasteiger partial charge in [-0.3, -0.25) is 0 Å². The zero-order valence-corrected chi connectivity index (χ0v) is 12.8. The van der Waals surface area contributed by atoms with Crippen LogP contribution in [0.2, 0.25) is 0 Å². The molecule has 0 aromatic rings. The van der Waals surface area contributed by atoms with Crippen LogP contribution in [0.1, 0.15) is 51.9 Å². The maximum absolute atomic E-state index is 2.67. The molecule has 0 aliphatic heterocycles. The fourth-order valence-electron chi connectivity index (χ4n) is 2.15. The van der Waals surface area contributed by atoms with Crippen LogP contribution in [-0.4, -0.2) is 7.85 Å². The molecule has 0 unspecified atom stereocenters. The summed E-state index contributed by atoms with van der Waals surface area (Å²) in [6, 6.07) is 0. The van der Waals surface area contributed by atoms with Gasteiger partial charge in [0.05, 0.1) is 0 Å². The van der Waals surface area contributed by atoms with Crippen molar-refractivity contribution in [3.63, 3.8) is 0 Å². The maximum atomic E-state index is 2.67.